The number of amides is 1. The van der Waals surface area contributed by atoms with E-state index in [9.17, 15) is 4.79 Å². The van der Waals surface area contributed by atoms with Crippen molar-refractivity contribution in [2.75, 3.05) is 20.2 Å². The topological polar surface area (TPSA) is 42.8 Å². The first-order valence-corrected chi connectivity index (χ1v) is 7.98. The molecule has 0 aliphatic rings. The Labute approximate surface area is 138 Å². The highest BCUT2D eigenvalue weighted by molar-refractivity contribution is 5.76. The molecule has 4 nitrogen and oxygen atoms in total. The summed E-state index contributed by atoms with van der Waals surface area (Å²) in [6.45, 7) is 4.93. The molecule has 0 saturated carbocycles. The van der Waals surface area contributed by atoms with Crippen molar-refractivity contribution < 1.29 is 14.4 Å². The van der Waals surface area contributed by atoms with Gasteiger partial charge in [-0.2, -0.15) is 0 Å². The van der Waals surface area contributed by atoms with Crippen LogP contribution < -0.4 is 15.0 Å². The number of hydrogen-bond donors (Lipinski definition) is 2. The van der Waals surface area contributed by atoms with Crippen molar-refractivity contribution in [3.05, 3.63) is 65.7 Å². The van der Waals surface area contributed by atoms with Gasteiger partial charge in [-0.1, -0.05) is 42.5 Å². The van der Waals surface area contributed by atoms with Crippen LogP contribution in [0.15, 0.2) is 54.6 Å². The van der Waals surface area contributed by atoms with Crippen LogP contribution in [0, 0.1) is 0 Å². The smallest absolute Gasteiger partial charge is 0.275 e. The van der Waals surface area contributed by atoms with Crippen LogP contribution >= 0.6 is 0 Å². The third-order valence-corrected chi connectivity index (χ3v) is 3.86. The van der Waals surface area contributed by atoms with Crippen molar-refractivity contribution in [1.29, 1.82) is 0 Å². The molecule has 0 radical (unpaired) electrons. The number of methoxy groups -OCH3 is 1. The standard InChI is InChI=1S/C19H24N2O2/c1-3-21(14-17-7-5-4-6-8-17)15-19(22)20-13-16-9-11-18(23-2)12-10-16/h4-12H,3,13-15H2,1-2H3,(H,20,22)/p+1. The molecule has 2 rings (SSSR count). The van der Waals surface area contributed by atoms with Crippen LogP contribution in [-0.2, 0) is 17.9 Å². The van der Waals surface area contributed by atoms with Crippen molar-refractivity contribution in [3.63, 3.8) is 0 Å². The van der Waals surface area contributed by atoms with Crippen molar-refractivity contribution in [2.24, 2.45) is 0 Å². The molecular formula is C19H25N2O2+. The highest BCUT2D eigenvalue weighted by Crippen LogP contribution is 2.10. The molecule has 1 amide bonds. The summed E-state index contributed by atoms with van der Waals surface area (Å²) in [4.78, 5) is 13.4. The summed E-state index contributed by atoms with van der Waals surface area (Å²) in [7, 11) is 1.64. The zero-order valence-electron chi connectivity index (χ0n) is 13.8. The number of quaternary nitrogens is 1. The molecule has 1 atom stereocenters. The molecule has 0 aliphatic heterocycles. The molecule has 4 heteroatoms. The summed E-state index contributed by atoms with van der Waals surface area (Å²) < 4.78 is 5.13. The number of rotatable bonds is 8. The predicted octanol–water partition coefficient (Wildman–Crippen LogP) is 1.42. The first-order valence-electron chi connectivity index (χ1n) is 7.98. The lowest BCUT2D eigenvalue weighted by molar-refractivity contribution is -0.904. The molecule has 0 fully saturated rings. The van der Waals surface area contributed by atoms with Crippen LogP contribution in [0.25, 0.3) is 0 Å². The summed E-state index contributed by atoms with van der Waals surface area (Å²) >= 11 is 0. The number of likely N-dealkylation sites (N-methyl/N-ethyl adjacent to an activating group) is 1. The number of carbonyl (C=O) groups excluding carboxylic acids is 1. The summed E-state index contributed by atoms with van der Waals surface area (Å²) in [6.07, 6.45) is 0. The van der Waals surface area contributed by atoms with E-state index in [1.165, 1.54) is 10.5 Å². The molecule has 122 valence electrons. The van der Waals surface area contributed by atoms with Gasteiger partial charge < -0.3 is 15.0 Å². The van der Waals surface area contributed by atoms with Gasteiger partial charge in [-0.05, 0) is 24.6 Å². The van der Waals surface area contributed by atoms with E-state index in [0.29, 0.717) is 13.1 Å². The number of benzene rings is 2. The minimum Gasteiger partial charge on any atom is -0.497 e. The van der Waals surface area contributed by atoms with E-state index >= 15 is 0 Å². The lowest BCUT2D eigenvalue weighted by Crippen LogP contribution is -3.11. The third kappa shape index (κ3) is 5.75. The lowest BCUT2D eigenvalue weighted by atomic mass is 10.2. The maximum absolute atomic E-state index is 12.1. The number of carbonyl (C=O) groups is 1. The maximum atomic E-state index is 12.1. The fourth-order valence-corrected chi connectivity index (χ4v) is 2.43. The molecule has 2 aromatic carbocycles. The zero-order chi connectivity index (χ0) is 16.5. The van der Waals surface area contributed by atoms with Crippen molar-refractivity contribution in [3.8, 4) is 5.75 Å². The quantitative estimate of drug-likeness (QED) is 0.774. The first kappa shape index (κ1) is 17.0. The van der Waals surface area contributed by atoms with Crippen LogP contribution in [0.1, 0.15) is 18.1 Å². The highest BCUT2D eigenvalue weighted by atomic mass is 16.5. The summed E-state index contributed by atoms with van der Waals surface area (Å²) in [5.74, 6) is 0.901. The van der Waals surface area contributed by atoms with Crippen molar-refractivity contribution >= 4 is 5.91 Å². The van der Waals surface area contributed by atoms with E-state index < -0.39 is 0 Å². The average Bonchev–Trinajstić information content (AvgIpc) is 2.60. The Kier molecular flexibility index (Phi) is 6.63. The first-order chi connectivity index (χ1) is 11.2. The van der Waals surface area contributed by atoms with Gasteiger partial charge >= 0.3 is 0 Å². The molecule has 23 heavy (non-hydrogen) atoms. The molecule has 0 saturated heterocycles. The van der Waals surface area contributed by atoms with E-state index in [0.717, 1.165) is 24.4 Å². The van der Waals surface area contributed by atoms with Crippen LogP contribution in [0.5, 0.6) is 5.75 Å². The number of hydrogen-bond acceptors (Lipinski definition) is 2. The Morgan fingerprint density at radius 2 is 1.74 bits per heavy atom. The number of ether oxygens (including phenoxy) is 1. The molecule has 0 aromatic heterocycles. The Hall–Kier alpha value is -2.33. The summed E-state index contributed by atoms with van der Waals surface area (Å²) in [6, 6.07) is 18.0. The van der Waals surface area contributed by atoms with Crippen LogP contribution in [0.3, 0.4) is 0 Å². The Balaban J connectivity index is 1.80. The second-order valence-corrected chi connectivity index (χ2v) is 5.57. The minimum atomic E-state index is 0.0774. The van der Waals surface area contributed by atoms with E-state index in [-0.39, 0.29) is 5.91 Å². The van der Waals surface area contributed by atoms with Gasteiger partial charge in [0.05, 0.1) is 13.7 Å². The predicted molar refractivity (Wildman–Crippen MR) is 91.4 cm³/mol. The van der Waals surface area contributed by atoms with Crippen LogP contribution in [-0.4, -0.2) is 26.1 Å². The van der Waals surface area contributed by atoms with E-state index in [1.54, 1.807) is 7.11 Å². The summed E-state index contributed by atoms with van der Waals surface area (Å²) in [5, 5.41) is 2.99. The second-order valence-electron chi connectivity index (χ2n) is 5.57. The van der Waals surface area contributed by atoms with Crippen LogP contribution in [0.4, 0.5) is 0 Å². The lowest BCUT2D eigenvalue weighted by Gasteiger charge is -2.17. The van der Waals surface area contributed by atoms with Gasteiger partial charge in [-0.3, -0.25) is 4.79 Å². The Bertz CT molecular complexity index is 597. The second kappa shape index (κ2) is 8.96. The molecular weight excluding hydrogens is 288 g/mol. The van der Waals surface area contributed by atoms with Crippen molar-refractivity contribution in [2.45, 2.75) is 20.0 Å². The third-order valence-electron chi connectivity index (χ3n) is 3.86. The fourth-order valence-electron chi connectivity index (χ4n) is 2.43. The van der Waals surface area contributed by atoms with Gasteiger partial charge in [0.1, 0.15) is 12.3 Å². The van der Waals surface area contributed by atoms with E-state index in [1.807, 2.05) is 42.5 Å². The van der Waals surface area contributed by atoms with E-state index in [2.05, 4.69) is 24.4 Å². The Morgan fingerprint density at radius 1 is 1.04 bits per heavy atom. The minimum absolute atomic E-state index is 0.0774. The maximum Gasteiger partial charge on any atom is 0.275 e. The molecule has 2 aromatic rings. The fraction of sp³-hybridized carbons (Fsp3) is 0.316. The van der Waals surface area contributed by atoms with Crippen molar-refractivity contribution in [1.82, 2.24) is 5.32 Å². The normalized spacial score (nSPS) is 11.7. The molecule has 0 bridgehead atoms. The monoisotopic (exact) mass is 313 g/mol. The SMILES string of the molecule is CC[NH+](CC(=O)NCc1ccc(OC)cc1)Cc1ccccc1. The number of nitrogens with one attached hydrogen (secondary N) is 2. The van der Waals surface area contributed by atoms with Gasteiger partial charge in [-0.25, -0.2) is 0 Å². The zero-order valence-corrected chi connectivity index (χ0v) is 13.8. The molecule has 0 heterocycles. The molecule has 0 aliphatic carbocycles. The van der Waals surface area contributed by atoms with Gasteiger partial charge in [0, 0.05) is 12.1 Å². The molecule has 1 unspecified atom stereocenters. The van der Waals surface area contributed by atoms with E-state index in [4.69, 9.17) is 4.74 Å². The van der Waals surface area contributed by atoms with Gasteiger partial charge in [0.25, 0.3) is 5.91 Å². The molecule has 0 spiro atoms. The largest absolute Gasteiger partial charge is 0.497 e. The van der Waals surface area contributed by atoms with Gasteiger partial charge in [0.15, 0.2) is 6.54 Å². The van der Waals surface area contributed by atoms with Gasteiger partial charge in [-0.15, -0.1) is 0 Å². The van der Waals surface area contributed by atoms with Crippen LogP contribution in [0.2, 0.25) is 0 Å². The molecule has 2 N–H and O–H groups in total. The average molecular weight is 313 g/mol. The summed E-state index contributed by atoms with van der Waals surface area (Å²) in [5.41, 5.74) is 2.33. The highest BCUT2D eigenvalue weighted by Gasteiger charge is 2.12. The van der Waals surface area contributed by atoms with Gasteiger partial charge in [0.2, 0.25) is 0 Å². The Morgan fingerprint density at radius 3 is 2.35 bits per heavy atom.